The van der Waals surface area contributed by atoms with E-state index >= 15 is 0 Å². The topological polar surface area (TPSA) is 55.3 Å². The average molecular weight is 318 g/mol. The molecular formula is C16H16ClN3O2. The molecule has 3 rings (SSSR count). The second-order valence-corrected chi connectivity index (χ2v) is 5.53. The van der Waals surface area contributed by atoms with E-state index < -0.39 is 5.97 Å². The standard InChI is InChI=1S/C16H16ClN3O2/c1-22-16(21)13-9-19-15(10-18-13)20-8-4-7-14(20)11-5-2-3-6-12(11)17/h2-3,5-6,9-10,14H,4,7-8H2,1H3/t14-/m0/s1. The average Bonchev–Trinajstić information content (AvgIpc) is 3.04. The van der Waals surface area contributed by atoms with E-state index in [9.17, 15) is 4.79 Å². The summed E-state index contributed by atoms with van der Waals surface area (Å²) in [6.45, 7) is 0.891. The highest BCUT2D eigenvalue weighted by atomic mass is 35.5. The summed E-state index contributed by atoms with van der Waals surface area (Å²) in [6.07, 6.45) is 5.14. The van der Waals surface area contributed by atoms with Crippen LogP contribution in [0.3, 0.4) is 0 Å². The van der Waals surface area contributed by atoms with Crippen LogP contribution in [0, 0.1) is 0 Å². The Morgan fingerprint density at radius 2 is 2.14 bits per heavy atom. The molecule has 1 saturated heterocycles. The molecule has 1 atom stereocenters. The normalized spacial score (nSPS) is 17.5. The molecule has 0 amide bonds. The van der Waals surface area contributed by atoms with E-state index in [1.165, 1.54) is 13.3 Å². The summed E-state index contributed by atoms with van der Waals surface area (Å²) in [5.41, 5.74) is 1.31. The van der Waals surface area contributed by atoms with Crippen molar-refractivity contribution in [2.45, 2.75) is 18.9 Å². The SMILES string of the molecule is COC(=O)c1cnc(N2CCC[C@H]2c2ccccc2Cl)cn1. The van der Waals surface area contributed by atoms with Crippen molar-refractivity contribution in [3.05, 3.63) is 52.9 Å². The van der Waals surface area contributed by atoms with Gasteiger partial charge in [-0.1, -0.05) is 29.8 Å². The molecule has 22 heavy (non-hydrogen) atoms. The third kappa shape index (κ3) is 2.76. The molecule has 1 aliphatic heterocycles. The maximum Gasteiger partial charge on any atom is 0.358 e. The third-order valence-corrected chi connectivity index (χ3v) is 4.19. The van der Waals surface area contributed by atoms with Gasteiger partial charge < -0.3 is 9.64 Å². The summed E-state index contributed by atoms with van der Waals surface area (Å²) in [5, 5.41) is 0.763. The quantitative estimate of drug-likeness (QED) is 0.813. The number of halogens is 1. The fourth-order valence-electron chi connectivity index (χ4n) is 2.79. The number of anilines is 1. The zero-order valence-corrected chi connectivity index (χ0v) is 13.0. The van der Waals surface area contributed by atoms with Crippen LogP contribution in [0.1, 0.15) is 34.9 Å². The summed E-state index contributed by atoms with van der Waals surface area (Å²) in [5.74, 6) is 0.262. The maximum absolute atomic E-state index is 11.4. The Bertz CT molecular complexity index is 675. The second-order valence-electron chi connectivity index (χ2n) is 5.12. The molecule has 1 aromatic heterocycles. The van der Waals surface area contributed by atoms with Crippen molar-refractivity contribution in [2.75, 3.05) is 18.6 Å². The predicted molar refractivity (Wildman–Crippen MR) is 84.1 cm³/mol. The Kier molecular flexibility index (Phi) is 4.24. The number of esters is 1. The highest BCUT2D eigenvalue weighted by molar-refractivity contribution is 6.31. The molecule has 0 aliphatic carbocycles. The number of ether oxygens (including phenoxy) is 1. The van der Waals surface area contributed by atoms with Crippen molar-refractivity contribution >= 4 is 23.4 Å². The smallest absolute Gasteiger partial charge is 0.358 e. The molecule has 1 aliphatic rings. The van der Waals surface area contributed by atoms with Crippen LogP contribution in [0.2, 0.25) is 5.02 Å². The van der Waals surface area contributed by atoms with Crippen LogP contribution in [0.5, 0.6) is 0 Å². The van der Waals surface area contributed by atoms with Crippen LogP contribution in [0.15, 0.2) is 36.7 Å². The lowest BCUT2D eigenvalue weighted by Crippen LogP contribution is -2.24. The van der Waals surface area contributed by atoms with E-state index in [4.69, 9.17) is 11.6 Å². The Morgan fingerprint density at radius 1 is 1.32 bits per heavy atom. The molecule has 2 heterocycles. The van der Waals surface area contributed by atoms with E-state index in [-0.39, 0.29) is 11.7 Å². The first kappa shape index (κ1) is 14.8. The van der Waals surface area contributed by atoms with Gasteiger partial charge in [0.05, 0.1) is 25.5 Å². The van der Waals surface area contributed by atoms with Crippen LogP contribution in [0.4, 0.5) is 5.82 Å². The van der Waals surface area contributed by atoms with Crippen LogP contribution in [-0.2, 0) is 4.74 Å². The number of nitrogens with zero attached hydrogens (tertiary/aromatic N) is 3. The molecular weight excluding hydrogens is 302 g/mol. The lowest BCUT2D eigenvalue weighted by molar-refractivity contribution is 0.0593. The van der Waals surface area contributed by atoms with E-state index in [2.05, 4.69) is 19.6 Å². The lowest BCUT2D eigenvalue weighted by atomic mass is 10.0. The molecule has 0 radical (unpaired) electrons. The summed E-state index contributed by atoms with van der Waals surface area (Å²) in [4.78, 5) is 22.1. The summed E-state index contributed by atoms with van der Waals surface area (Å²) in [7, 11) is 1.33. The summed E-state index contributed by atoms with van der Waals surface area (Å²) in [6, 6.07) is 8.05. The number of benzene rings is 1. The fraction of sp³-hybridized carbons (Fsp3) is 0.312. The molecule has 1 aromatic carbocycles. The van der Waals surface area contributed by atoms with Crippen molar-refractivity contribution in [3.63, 3.8) is 0 Å². The molecule has 6 heteroatoms. The minimum atomic E-state index is -0.483. The van der Waals surface area contributed by atoms with Gasteiger partial charge in [0.15, 0.2) is 5.69 Å². The van der Waals surface area contributed by atoms with Crippen LogP contribution in [0.25, 0.3) is 0 Å². The Hall–Kier alpha value is -2.14. The number of hydrogen-bond acceptors (Lipinski definition) is 5. The van der Waals surface area contributed by atoms with Gasteiger partial charge in [-0.2, -0.15) is 0 Å². The minimum Gasteiger partial charge on any atom is -0.464 e. The van der Waals surface area contributed by atoms with Crippen LogP contribution in [-0.4, -0.2) is 29.6 Å². The van der Waals surface area contributed by atoms with Gasteiger partial charge in [0.1, 0.15) is 5.82 Å². The number of carbonyl (C=O) groups is 1. The predicted octanol–water partition coefficient (Wildman–Crippen LogP) is 3.26. The monoisotopic (exact) mass is 317 g/mol. The van der Waals surface area contributed by atoms with Gasteiger partial charge in [-0.3, -0.25) is 0 Å². The first-order valence-corrected chi connectivity index (χ1v) is 7.50. The van der Waals surface area contributed by atoms with E-state index in [0.717, 1.165) is 35.8 Å². The molecule has 5 nitrogen and oxygen atoms in total. The highest BCUT2D eigenvalue weighted by Crippen LogP contribution is 2.37. The molecule has 0 N–H and O–H groups in total. The summed E-state index contributed by atoms with van der Waals surface area (Å²) < 4.78 is 4.64. The minimum absolute atomic E-state index is 0.187. The van der Waals surface area contributed by atoms with Crippen molar-refractivity contribution in [1.82, 2.24) is 9.97 Å². The van der Waals surface area contributed by atoms with Crippen molar-refractivity contribution in [1.29, 1.82) is 0 Å². The van der Waals surface area contributed by atoms with Gasteiger partial charge in [-0.05, 0) is 24.5 Å². The molecule has 0 bridgehead atoms. The zero-order chi connectivity index (χ0) is 15.5. The van der Waals surface area contributed by atoms with Crippen molar-refractivity contribution in [2.24, 2.45) is 0 Å². The van der Waals surface area contributed by atoms with Crippen molar-refractivity contribution in [3.8, 4) is 0 Å². The first-order chi connectivity index (χ1) is 10.7. The van der Waals surface area contributed by atoms with Crippen LogP contribution >= 0.6 is 11.6 Å². The number of methoxy groups -OCH3 is 1. The molecule has 0 saturated carbocycles. The van der Waals surface area contributed by atoms with Crippen LogP contribution < -0.4 is 4.90 Å². The van der Waals surface area contributed by atoms with Gasteiger partial charge in [0, 0.05) is 11.6 Å². The molecule has 0 spiro atoms. The van der Waals surface area contributed by atoms with Crippen molar-refractivity contribution < 1.29 is 9.53 Å². The molecule has 0 unspecified atom stereocenters. The Balaban J connectivity index is 1.87. The van der Waals surface area contributed by atoms with E-state index in [0.29, 0.717) is 0 Å². The van der Waals surface area contributed by atoms with Gasteiger partial charge >= 0.3 is 5.97 Å². The molecule has 1 fully saturated rings. The number of carbonyl (C=O) groups excluding carboxylic acids is 1. The van der Waals surface area contributed by atoms with E-state index in [1.807, 2.05) is 24.3 Å². The van der Waals surface area contributed by atoms with E-state index in [1.54, 1.807) is 6.20 Å². The Morgan fingerprint density at radius 3 is 2.82 bits per heavy atom. The van der Waals surface area contributed by atoms with Gasteiger partial charge in [0.2, 0.25) is 0 Å². The largest absolute Gasteiger partial charge is 0.464 e. The summed E-state index contributed by atoms with van der Waals surface area (Å²) >= 11 is 6.32. The zero-order valence-electron chi connectivity index (χ0n) is 12.2. The Labute approximate surface area is 133 Å². The lowest BCUT2D eigenvalue weighted by Gasteiger charge is -2.26. The fourth-order valence-corrected chi connectivity index (χ4v) is 3.05. The maximum atomic E-state index is 11.4. The van der Waals surface area contributed by atoms with Gasteiger partial charge in [0.25, 0.3) is 0 Å². The first-order valence-electron chi connectivity index (χ1n) is 7.12. The van der Waals surface area contributed by atoms with Gasteiger partial charge in [-0.25, -0.2) is 14.8 Å². The second kappa shape index (κ2) is 6.32. The number of hydrogen-bond donors (Lipinski definition) is 0. The highest BCUT2D eigenvalue weighted by Gasteiger charge is 2.28. The third-order valence-electron chi connectivity index (χ3n) is 3.84. The number of rotatable bonds is 3. The number of aromatic nitrogens is 2. The molecule has 2 aromatic rings. The molecule has 114 valence electrons. The van der Waals surface area contributed by atoms with Gasteiger partial charge in [-0.15, -0.1) is 0 Å².